The molecule has 0 bridgehead atoms. The summed E-state index contributed by atoms with van der Waals surface area (Å²) < 4.78 is 0. The maximum atomic E-state index is 12.1. The van der Waals surface area contributed by atoms with Crippen molar-refractivity contribution in [3.8, 4) is 0 Å². The van der Waals surface area contributed by atoms with Gasteiger partial charge in [0.25, 0.3) is 5.91 Å². The molecule has 7 heteroatoms. The number of nitrogens with one attached hydrogen (secondary N) is 3. The number of rotatable bonds is 8. The molecule has 2 aromatic rings. The Morgan fingerprint density at radius 3 is 2.75 bits per heavy atom. The molecule has 2 rings (SSSR count). The van der Waals surface area contributed by atoms with Crippen molar-refractivity contribution in [1.29, 1.82) is 0 Å². The van der Waals surface area contributed by atoms with Gasteiger partial charge in [0.05, 0.1) is 17.0 Å². The average molecular weight is 348 g/mol. The first-order valence-electron chi connectivity index (χ1n) is 8.08. The SMILES string of the molecule is Cc1ccsc1C(=O)NCC(C)C(=O)NCCCc1cn[nH]c1C. The highest BCUT2D eigenvalue weighted by atomic mass is 32.1. The second-order valence-corrected chi connectivity index (χ2v) is 6.87. The van der Waals surface area contributed by atoms with E-state index >= 15 is 0 Å². The summed E-state index contributed by atoms with van der Waals surface area (Å²) in [5.74, 6) is -0.412. The molecule has 0 aliphatic heterocycles. The maximum absolute atomic E-state index is 12.1. The van der Waals surface area contributed by atoms with E-state index < -0.39 is 0 Å². The van der Waals surface area contributed by atoms with E-state index in [0.717, 1.165) is 24.1 Å². The van der Waals surface area contributed by atoms with Crippen molar-refractivity contribution in [2.45, 2.75) is 33.6 Å². The number of nitrogens with zero attached hydrogens (tertiary/aromatic N) is 1. The second kappa shape index (κ2) is 8.63. The minimum atomic E-state index is -0.259. The van der Waals surface area contributed by atoms with Crippen molar-refractivity contribution in [3.05, 3.63) is 39.3 Å². The van der Waals surface area contributed by atoms with E-state index in [1.54, 1.807) is 0 Å². The van der Waals surface area contributed by atoms with E-state index in [2.05, 4.69) is 20.8 Å². The van der Waals surface area contributed by atoms with Crippen LogP contribution in [0.2, 0.25) is 0 Å². The van der Waals surface area contributed by atoms with Gasteiger partial charge in [-0.3, -0.25) is 14.7 Å². The first-order chi connectivity index (χ1) is 11.5. The quantitative estimate of drug-likeness (QED) is 0.639. The molecular weight excluding hydrogens is 324 g/mol. The monoisotopic (exact) mass is 348 g/mol. The molecule has 6 nitrogen and oxygen atoms in total. The fraction of sp³-hybridized carbons (Fsp3) is 0.471. The van der Waals surface area contributed by atoms with Crippen LogP contribution >= 0.6 is 11.3 Å². The summed E-state index contributed by atoms with van der Waals surface area (Å²) in [5, 5.41) is 14.5. The molecule has 0 aromatic carbocycles. The summed E-state index contributed by atoms with van der Waals surface area (Å²) in [4.78, 5) is 24.8. The summed E-state index contributed by atoms with van der Waals surface area (Å²) >= 11 is 1.41. The number of H-pyrrole nitrogens is 1. The number of amides is 2. The van der Waals surface area contributed by atoms with Crippen LogP contribution in [0.25, 0.3) is 0 Å². The Bertz CT molecular complexity index is 692. The van der Waals surface area contributed by atoms with Gasteiger partial charge in [-0.05, 0) is 49.3 Å². The fourth-order valence-electron chi connectivity index (χ4n) is 2.32. The van der Waals surface area contributed by atoms with E-state index in [9.17, 15) is 9.59 Å². The first-order valence-corrected chi connectivity index (χ1v) is 8.96. The van der Waals surface area contributed by atoms with E-state index in [1.165, 1.54) is 16.9 Å². The molecule has 0 saturated heterocycles. The molecule has 2 amide bonds. The fourth-order valence-corrected chi connectivity index (χ4v) is 3.16. The van der Waals surface area contributed by atoms with Crippen molar-refractivity contribution in [2.24, 2.45) is 5.92 Å². The molecule has 24 heavy (non-hydrogen) atoms. The Labute approximate surface area is 146 Å². The van der Waals surface area contributed by atoms with Crippen LogP contribution in [0.5, 0.6) is 0 Å². The molecule has 0 fully saturated rings. The normalized spacial score (nSPS) is 12.0. The van der Waals surface area contributed by atoms with Gasteiger partial charge >= 0.3 is 0 Å². The lowest BCUT2D eigenvalue weighted by Crippen LogP contribution is -2.37. The largest absolute Gasteiger partial charge is 0.356 e. The van der Waals surface area contributed by atoms with E-state index in [0.29, 0.717) is 18.0 Å². The van der Waals surface area contributed by atoms with Crippen LogP contribution in [0.3, 0.4) is 0 Å². The lowest BCUT2D eigenvalue weighted by Gasteiger charge is -2.13. The molecule has 2 heterocycles. The molecule has 1 atom stereocenters. The van der Waals surface area contributed by atoms with Gasteiger partial charge < -0.3 is 10.6 Å². The number of aromatic nitrogens is 2. The summed E-state index contributed by atoms with van der Waals surface area (Å²) in [6, 6.07) is 1.91. The van der Waals surface area contributed by atoms with Crippen LogP contribution in [0.1, 0.15) is 39.8 Å². The van der Waals surface area contributed by atoms with Crippen molar-refractivity contribution in [1.82, 2.24) is 20.8 Å². The Morgan fingerprint density at radius 2 is 2.12 bits per heavy atom. The summed E-state index contributed by atoms with van der Waals surface area (Å²) in [5.41, 5.74) is 3.21. The third-order valence-corrected chi connectivity index (χ3v) is 4.96. The van der Waals surface area contributed by atoms with E-state index in [4.69, 9.17) is 0 Å². The Morgan fingerprint density at radius 1 is 1.33 bits per heavy atom. The number of aromatic amines is 1. The minimum Gasteiger partial charge on any atom is -0.356 e. The van der Waals surface area contributed by atoms with Gasteiger partial charge in [-0.15, -0.1) is 11.3 Å². The molecule has 0 aliphatic carbocycles. The van der Waals surface area contributed by atoms with E-state index in [-0.39, 0.29) is 17.7 Å². The molecule has 0 radical (unpaired) electrons. The molecule has 0 saturated carbocycles. The topological polar surface area (TPSA) is 86.9 Å². The maximum Gasteiger partial charge on any atom is 0.261 e. The van der Waals surface area contributed by atoms with Crippen LogP contribution in [0.15, 0.2) is 17.6 Å². The third kappa shape index (κ3) is 4.92. The number of carbonyl (C=O) groups excluding carboxylic acids is 2. The number of hydrogen-bond acceptors (Lipinski definition) is 4. The summed E-state index contributed by atoms with van der Waals surface area (Å²) in [6.07, 6.45) is 3.56. The van der Waals surface area contributed by atoms with Gasteiger partial charge in [-0.1, -0.05) is 6.92 Å². The van der Waals surface area contributed by atoms with Gasteiger partial charge in [0.2, 0.25) is 5.91 Å². The molecule has 2 aromatic heterocycles. The predicted molar refractivity (Wildman–Crippen MR) is 95.2 cm³/mol. The minimum absolute atomic E-state index is 0.0397. The van der Waals surface area contributed by atoms with Crippen molar-refractivity contribution in [3.63, 3.8) is 0 Å². The molecule has 0 spiro atoms. The number of thiophene rings is 1. The predicted octanol–water partition coefficient (Wildman–Crippen LogP) is 2.20. The Balaban J connectivity index is 1.66. The van der Waals surface area contributed by atoms with Crippen LogP contribution in [-0.2, 0) is 11.2 Å². The van der Waals surface area contributed by atoms with E-state index in [1.807, 2.05) is 38.4 Å². The number of carbonyl (C=O) groups is 2. The van der Waals surface area contributed by atoms with Gasteiger partial charge in [-0.25, -0.2) is 0 Å². The van der Waals surface area contributed by atoms with Crippen LogP contribution < -0.4 is 10.6 Å². The van der Waals surface area contributed by atoms with Crippen LogP contribution in [0.4, 0.5) is 0 Å². The highest BCUT2D eigenvalue weighted by Crippen LogP contribution is 2.15. The lowest BCUT2D eigenvalue weighted by molar-refractivity contribution is -0.124. The zero-order chi connectivity index (χ0) is 17.5. The zero-order valence-electron chi connectivity index (χ0n) is 14.3. The molecular formula is C17H24N4O2S. The number of hydrogen-bond donors (Lipinski definition) is 3. The van der Waals surface area contributed by atoms with Crippen LogP contribution in [0, 0.1) is 19.8 Å². The van der Waals surface area contributed by atoms with Crippen molar-refractivity contribution in [2.75, 3.05) is 13.1 Å². The summed E-state index contributed by atoms with van der Waals surface area (Å²) in [6.45, 7) is 6.66. The highest BCUT2D eigenvalue weighted by Gasteiger charge is 2.16. The van der Waals surface area contributed by atoms with Gasteiger partial charge in [0, 0.05) is 18.8 Å². The van der Waals surface area contributed by atoms with Crippen molar-refractivity contribution >= 4 is 23.2 Å². The van der Waals surface area contributed by atoms with Gasteiger partial charge in [0.15, 0.2) is 0 Å². The van der Waals surface area contributed by atoms with Gasteiger partial charge in [0.1, 0.15) is 0 Å². The standard InChI is InChI=1S/C17H24N4O2S/c1-11-6-8-24-15(11)17(23)19-9-12(2)16(22)18-7-4-5-14-10-20-21-13(14)3/h6,8,10,12H,4-5,7,9H2,1-3H3,(H,18,22)(H,19,23)(H,20,21). The molecule has 0 aliphatic rings. The van der Waals surface area contributed by atoms with Crippen molar-refractivity contribution < 1.29 is 9.59 Å². The average Bonchev–Trinajstić information content (AvgIpc) is 3.17. The third-order valence-electron chi connectivity index (χ3n) is 3.94. The van der Waals surface area contributed by atoms with Gasteiger partial charge in [-0.2, -0.15) is 5.10 Å². The van der Waals surface area contributed by atoms with Crippen LogP contribution in [-0.4, -0.2) is 35.1 Å². The summed E-state index contributed by atoms with van der Waals surface area (Å²) in [7, 11) is 0. The number of aryl methyl sites for hydroxylation is 3. The Kier molecular flexibility index (Phi) is 6.54. The first kappa shape index (κ1) is 18.2. The zero-order valence-corrected chi connectivity index (χ0v) is 15.1. The highest BCUT2D eigenvalue weighted by molar-refractivity contribution is 7.12. The smallest absolute Gasteiger partial charge is 0.261 e. The Hall–Kier alpha value is -2.15. The molecule has 3 N–H and O–H groups in total. The lowest BCUT2D eigenvalue weighted by atomic mass is 10.1. The second-order valence-electron chi connectivity index (χ2n) is 5.96. The molecule has 130 valence electrons. The molecule has 1 unspecified atom stereocenters.